The van der Waals surface area contributed by atoms with Crippen LogP contribution in [-0.2, 0) is 32.7 Å². The largest absolute Gasteiger partial charge is 0.756 e. The SMILES string of the molecule is CCCCCCCCCCCCCC(=O)OC[C@@H](OC(=O)CCCCCCCCCCCCC)C(CC)OP(=O)([O-])OCC[N+](C)(C)C. The minimum atomic E-state index is -4.68. The van der Waals surface area contributed by atoms with E-state index in [-0.39, 0.29) is 38.4 Å². The van der Waals surface area contributed by atoms with Crippen molar-refractivity contribution in [3.63, 3.8) is 0 Å². The number of esters is 2. The predicted octanol–water partition coefficient (Wildman–Crippen LogP) is 9.83. The van der Waals surface area contributed by atoms with Crippen molar-refractivity contribution in [2.75, 3.05) is 40.9 Å². The molecule has 0 amide bonds. The molecule has 0 aromatic rings. The van der Waals surface area contributed by atoms with Crippen LogP contribution >= 0.6 is 7.82 Å². The molecule has 10 heteroatoms. The number of hydrogen-bond acceptors (Lipinski definition) is 8. The number of unbranched alkanes of at least 4 members (excludes halogenated alkanes) is 20. The van der Waals surface area contributed by atoms with Gasteiger partial charge in [0.25, 0.3) is 7.82 Å². The first-order chi connectivity index (χ1) is 22.9. The van der Waals surface area contributed by atoms with Gasteiger partial charge in [0.15, 0.2) is 6.10 Å². The molecule has 0 aromatic carbocycles. The summed E-state index contributed by atoms with van der Waals surface area (Å²) in [6.45, 7) is 6.40. The highest BCUT2D eigenvalue weighted by Gasteiger charge is 2.30. The highest BCUT2D eigenvalue weighted by atomic mass is 31.2. The molecule has 0 saturated carbocycles. The molecule has 0 aliphatic heterocycles. The molecule has 0 radical (unpaired) electrons. The van der Waals surface area contributed by atoms with Crippen molar-refractivity contribution < 1.29 is 42.1 Å². The summed E-state index contributed by atoms with van der Waals surface area (Å²) in [6, 6.07) is 0. The van der Waals surface area contributed by atoms with Crippen molar-refractivity contribution in [1.82, 2.24) is 0 Å². The number of carbonyl (C=O) groups is 2. The molecular weight excluding hydrogens is 629 g/mol. The zero-order chi connectivity index (χ0) is 35.9. The molecule has 9 nitrogen and oxygen atoms in total. The van der Waals surface area contributed by atoms with Gasteiger partial charge in [-0.3, -0.25) is 14.2 Å². The first kappa shape index (κ1) is 47.0. The zero-order valence-electron chi connectivity index (χ0n) is 32.1. The molecule has 0 heterocycles. The van der Waals surface area contributed by atoms with Gasteiger partial charge in [-0.15, -0.1) is 0 Å². The molecule has 0 saturated heterocycles. The van der Waals surface area contributed by atoms with Gasteiger partial charge in [0.2, 0.25) is 0 Å². The smallest absolute Gasteiger partial charge is 0.306 e. The minimum absolute atomic E-state index is 0.0298. The maximum atomic E-state index is 12.8. The number of ether oxygens (including phenoxy) is 2. The van der Waals surface area contributed by atoms with E-state index in [0.717, 1.165) is 32.1 Å². The van der Waals surface area contributed by atoms with E-state index in [1.165, 1.54) is 103 Å². The van der Waals surface area contributed by atoms with E-state index in [4.69, 9.17) is 18.5 Å². The second-order valence-corrected chi connectivity index (χ2v) is 16.0. The van der Waals surface area contributed by atoms with Crippen molar-refractivity contribution in [2.24, 2.45) is 0 Å². The Labute approximate surface area is 295 Å². The Kier molecular flexibility index (Phi) is 30.2. The van der Waals surface area contributed by atoms with Crippen LogP contribution in [0.1, 0.15) is 181 Å². The number of carbonyl (C=O) groups excluding carboxylic acids is 2. The monoisotopic (exact) mass is 706 g/mol. The van der Waals surface area contributed by atoms with E-state index in [1.54, 1.807) is 6.92 Å². The van der Waals surface area contributed by atoms with E-state index in [2.05, 4.69) is 13.8 Å². The molecule has 0 aliphatic carbocycles. The lowest BCUT2D eigenvalue weighted by Gasteiger charge is -2.32. The van der Waals surface area contributed by atoms with Crippen LogP contribution in [0.15, 0.2) is 0 Å². The van der Waals surface area contributed by atoms with Crippen molar-refractivity contribution in [3.05, 3.63) is 0 Å². The summed E-state index contributed by atoms with van der Waals surface area (Å²) in [5.74, 6) is -0.817. The average Bonchev–Trinajstić information content (AvgIpc) is 3.02. The van der Waals surface area contributed by atoms with Gasteiger partial charge in [-0.25, -0.2) is 0 Å². The Morgan fingerprint density at radius 3 is 1.40 bits per heavy atom. The Bertz CT molecular complexity index is 819. The number of quaternary nitrogens is 1. The standard InChI is InChI=1S/C38H76NO8P/c1-7-10-12-14-16-18-20-22-24-26-28-30-37(40)44-34-36(35(9-3)47-48(42,43)45-33-32-39(4,5)6)46-38(41)31-29-27-25-23-21-19-17-15-13-11-8-2/h35-36H,7-34H2,1-6H3/t35?,36-/m1/s1. The van der Waals surface area contributed by atoms with Crippen LogP contribution in [0.5, 0.6) is 0 Å². The second kappa shape index (κ2) is 30.8. The predicted molar refractivity (Wildman–Crippen MR) is 195 cm³/mol. The summed E-state index contributed by atoms with van der Waals surface area (Å²) in [6.07, 6.45) is 24.7. The maximum absolute atomic E-state index is 12.8. The van der Waals surface area contributed by atoms with Gasteiger partial charge in [0.05, 0.1) is 21.1 Å². The van der Waals surface area contributed by atoms with Crippen LogP contribution in [0.3, 0.4) is 0 Å². The minimum Gasteiger partial charge on any atom is -0.756 e. The number of phosphoric acid groups is 1. The first-order valence-electron chi connectivity index (χ1n) is 19.7. The fourth-order valence-electron chi connectivity index (χ4n) is 5.59. The number of nitrogens with zero attached hydrogens (tertiary/aromatic N) is 1. The van der Waals surface area contributed by atoms with E-state index in [9.17, 15) is 19.0 Å². The third-order valence-electron chi connectivity index (χ3n) is 8.75. The summed E-state index contributed by atoms with van der Waals surface area (Å²) < 4.78 is 34.9. The molecule has 48 heavy (non-hydrogen) atoms. The molecule has 3 atom stereocenters. The summed E-state index contributed by atoms with van der Waals surface area (Å²) in [4.78, 5) is 38.0. The van der Waals surface area contributed by atoms with Crippen molar-refractivity contribution in [2.45, 2.75) is 193 Å². The van der Waals surface area contributed by atoms with Crippen LogP contribution < -0.4 is 4.89 Å². The summed E-state index contributed by atoms with van der Waals surface area (Å²) in [7, 11) is 1.13. The van der Waals surface area contributed by atoms with Gasteiger partial charge < -0.3 is 27.9 Å². The third kappa shape index (κ3) is 31.0. The lowest BCUT2D eigenvalue weighted by atomic mass is 10.1. The molecule has 0 aliphatic rings. The molecule has 0 N–H and O–H groups in total. The zero-order valence-corrected chi connectivity index (χ0v) is 33.0. The molecule has 0 spiro atoms. The average molecular weight is 706 g/mol. The molecular formula is C38H76NO8P. The summed E-state index contributed by atoms with van der Waals surface area (Å²) in [5.41, 5.74) is 0. The Balaban J connectivity index is 4.73. The van der Waals surface area contributed by atoms with Gasteiger partial charge in [-0.1, -0.05) is 149 Å². The van der Waals surface area contributed by atoms with Gasteiger partial charge in [-0.05, 0) is 19.3 Å². The lowest BCUT2D eigenvalue weighted by molar-refractivity contribution is -0.870. The molecule has 2 unspecified atom stereocenters. The van der Waals surface area contributed by atoms with Crippen molar-refractivity contribution in [1.29, 1.82) is 0 Å². The molecule has 0 rings (SSSR count). The van der Waals surface area contributed by atoms with E-state index in [1.807, 2.05) is 21.1 Å². The maximum Gasteiger partial charge on any atom is 0.306 e. The number of hydrogen-bond donors (Lipinski definition) is 0. The lowest BCUT2D eigenvalue weighted by Crippen LogP contribution is -2.39. The highest BCUT2D eigenvalue weighted by molar-refractivity contribution is 7.45. The van der Waals surface area contributed by atoms with E-state index >= 15 is 0 Å². The van der Waals surface area contributed by atoms with Crippen LogP contribution in [-0.4, -0.2) is 69.5 Å². The summed E-state index contributed by atoms with van der Waals surface area (Å²) in [5, 5.41) is 0. The first-order valence-corrected chi connectivity index (χ1v) is 21.2. The number of rotatable bonds is 35. The van der Waals surface area contributed by atoms with Crippen LogP contribution in [0.2, 0.25) is 0 Å². The van der Waals surface area contributed by atoms with E-state index < -0.39 is 26.0 Å². The fraction of sp³-hybridized carbons (Fsp3) is 0.947. The van der Waals surface area contributed by atoms with Crippen LogP contribution in [0, 0.1) is 0 Å². The molecule has 286 valence electrons. The Morgan fingerprint density at radius 2 is 1.00 bits per heavy atom. The Morgan fingerprint density at radius 1 is 0.604 bits per heavy atom. The highest BCUT2D eigenvalue weighted by Crippen LogP contribution is 2.41. The Hall–Kier alpha value is -0.990. The van der Waals surface area contributed by atoms with Crippen LogP contribution in [0.4, 0.5) is 0 Å². The van der Waals surface area contributed by atoms with Crippen molar-refractivity contribution >= 4 is 19.8 Å². The normalized spacial score (nSPS) is 14.4. The van der Waals surface area contributed by atoms with E-state index in [0.29, 0.717) is 17.4 Å². The topological polar surface area (TPSA) is 111 Å². The second-order valence-electron chi connectivity index (χ2n) is 14.6. The van der Waals surface area contributed by atoms with Gasteiger partial charge in [-0.2, -0.15) is 0 Å². The van der Waals surface area contributed by atoms with Crippen molar-refractivity contribution in [3.8, 4) is 0 Å². The quantitative estimate of drug-likeness (QED) is 0.0277. The fourth-order valence-corrected chi connectivity index (χ4v) is 6.57. The van der Waals surface area contributed by atoms with Gasteiger partial charge in [0.1, 0.15) is 25.9 Å². The molecule has 0 aromatic heterocycles. The molecule has 0 bridgehead atoms. The summed E-state index contributed by atoms with van der Waals surface area (Å²) >= 11 is 0. The van der Waals surface area contributed by atoms with Gasteiger partial charge in [0, 0.05) is 12.8 Å². The molecule has 0 fully saturated rings. The van der Waals surface area contributed by atoms with Crippen LogP contribution in [0.25, 0.3) is 0 Å². The third-order valence-corrected chi connectivity index (χ3v) is 9.78. The number of likely N-dealkylation sites (N-methyl/N-ethyl adjacent to an activating group) is 1. The number of phosphoric ester groups is 1. The van der Waals surface area contributed by atoms with Gasteiger partial charge >= 0.3 is 11.9 Å².